The van der Waals surface area contributed by atoms with Crippen molar-refractivity contribution in [2.24, 2.45) is 22.4 Å². The summed E-state index contributed by atoms with van der Waals surface area (Å²) in [6.07, 6.45) is 16.5. The van der Waals surface area contributed by atoms with Crippen molar-refractivity contribution in [3.8, 4) is 0 Å². The predicted octanol–water partition coefficient (Wildman–Crippen LogP) is 1.77. The van der Waals surface area contributed by atoms with E-state index in [0.29, 0.717) is 17.6 Å². The molecule has 0 saturated carbocycles. The number of allylic oxidation sites excluding steroid dienone is 4. The van der Waals surface area contributed by atoms with Gasteiger partial charge in [-0.3, -0.25) is 10.1 Å². The van der Waals surface area contributed by atoms with Crippen LogP contribution in [0.2, 0.25) is 0 Å². The summed E-state index contributed by atoms with van der Waals surface area (Å²) >= 11 is 0. The molecule has 1 fully saturated rings. The van der Waals surface area contributed by atoms with Gasteiger partial charge in [0.05, 0.1) is 17.6 Å². The summed E-state index contributed by atoms with van der Waals surface area (Å²) in [5, 5.41) is 13.5. The Hall–Kier alpha value is -2.80. The fourth-order valence-corrected chi connectivity index (χ4v) is 3.16. The Morgan fingerprint density at radius 1 is 1.30 bits per heavy atom. The molecule has 1 saturated heterocycles. The highest BCUT2D eigenvalue weighted by atomic mass is 15.1. The van der Waals surface area contributed by atoms with Crippen molar-refractivity contribution in [2.75, 3.05) is 13.1 Å². The lowest BCUT2D eigenvalue weighted by Crippen LogP contribution is -2.38. The first kappa shape index (κ1) is 19.0. The molecular weight excluding hydrogens is 338 g/mol. The molecule has 1 aromatic heterocycles. The molecule has 0 aliphatic carbocycles. The first-order valence-corrected chi connectivity index (χ1v) is 9.47. The average molecular weight is 368 g/mol. The zero-order valence-corrected chi connectivity index (χ0v) is 15.8. The van der Waals surface area contributed by atoms with Crippen LogP contribution in [0.5, 0.6) is 0 Å². The van der Waals surface area contributed by atoms with E-state index in [1.54, 1.807) is 18.3 Å². The van der Waals surface area contributed by atoms with Crippen LogP contribution in [0.25, 0.3) is 5.57 Å². The Kier molecular flexibility index (Phi) is 6.49. The smallest absolute Gasteiger partial charge is 0.118 e. The summed E-state index contributed by atoms with van der Waals surface area (Å²) < 4.78 is 0. The van der Waals surface area contributed by atoms with E-state index in [-0.39, 0.29) is 0 Å². The van der Waals surface area contributed by atoms with Crippen molar-refractivity contribution < 1.29 is 0 Å². The molecule has 0 aromatic carbocycles. The van der Waals surface area contributed by atoms with Crippen LogP contribution in [0.3, 0.4) is 0 Å². The maximum Gasteiger partial charge on any atom is 0.118 e. The Balaban J connectivity index is 1.48. The molecule has 0 bridgehead atoms. The molecule has 3 heterocycles. The number of nitrogens with one attached hydrogen (secondary N) is 3. The fourth-order valence-electron chi connectivity index (χ4n) is 3.16. The minimum atomic E-state index is 0.497. The summed E-state index contributed by atoms with van der Waals surface area (Å²) in [4.78, 5) is 4.43. The predicted molar refractivity (Wildman–Crippen MR) is 110 cm³/mol. The second-order valence-electron chi connectivity index (χ2n) is 7.15. The quantitative estimate of drug-likeness (QED) is 0.388. The molecular formula is C20H29N7. The fraction of sp³-hybridized carbons (Fsp3) is 0.400. The van der Waals surface area contributed by atoms with Crippen molar-refractivity contribution in [3.63, 3.8) is 0 Å². The van der Waals surface area contributed by atoms with Crippen molar-refractivity contribution in [1.82, 2.24) is 20.8 Å². The van der Waals surface area contributed by atoms with Gasteiger partial charge in [-0.05, 0) is 50.0 Å². The van der Waals surface area contributed by atoms with Crippen LogP contribution in [0.4, 0.5) is 0 Å². The van der Waals surface area contributed by atoms with Gasteiger partial charge < -0.3 is 22.1 Å². The normalized spacial score (nSPS) is 25.4. The lowest BCUT2D eigenvalue weighted by molar-refractivity contribution is 0.318. The van der Waals surface area contributed by atoms with Crippen LogP contribution >= 0.6 is 0 Å². The van der Waals surface area contributed by atoms with Crippen molar-refractivity contribution in [1.29, 1.82) is 0 Å². The van der Waals surface area contributed by atoms with Crippen LogP contribution in [-0.2, 0) is 0 Å². The number of hydrogen-bond donors (Lipinski definition) is 5. The number of nitrogens with zero attached hydrogens (tertiary/aromatic N) is 2. The number of hydrogen-bond acceptors (Lipinski definition) is 5. The van der Waals surface area contributed by atoms with E-state index in [0.717, 1.165) is 42.3 Å². The maximum absolute atomic E-state index is 6.13. The number of aliphatic imine (C=N–C) groups is 1. The summed E-state index contributed by atoms with van der Waals surface area (Å²) in [6, 6.07) is 0.557. The zero-order chi connectivity index (χ0) is 19.1. The first-order valence-electron chi connectivity index (χ1n) is 9.47. The van der Waals surface area contributed by atoms with Crippen LogP contribution < -0.4 is 22.1 Å². The first-order chi connectivity index (χ1) is 13.1. The number of dihydropyridines is 1. The van der Waals surface area contributed by atoms with Gasteiger partial charge in [-0.15, -0.1) is 0 Å². The highest BCUT2D eigenvalue weighted by Crippen LogP contribution is 2.18. The third-order valence-electron chi connectivity index (χ3n) is 4.92. The Morgan fingerprint density at radius 2 is 2.19 bits per heavy atom. The van der Waals surface area contributed by atoms with E-state index in [1.807, 2.05) is 24.5 Å². The second kappa shape index (κ2) is 9.23. The number of aromatic nitrogens is 2. The topological polar surface area (TPSA) is 117 Å². The number of aromatic amines is 1. The lowest BCUT2D eigenvalue weighted by atomic mass is 9.95. The standard InChI is InChI=1S/C20H29N7/c1-14-2-4-17(24-10-14)8-9-23-20(22)7-5-18(21)19-6-3-15(11-25-19)16-12-26-27-13-16/h3,5-7,11-14,17,24-25H,2,4,8-10,21H2,1H3,(H2,22,23)(H,26,27)/b7-5-,19-18-. The molecule has 7 N–H and O–H groups in total. The Bertz CT molecular complexity index is 760. The van der Waals surface area contributed by atoms with Crippen LogP contribution in [0, 0.1) is 5.92 Å². The SMILES string of the molecule is CC1CCC(CCN=C(N)/C=C\C(N)=C2/C=CC(c3cn[nH]c3)=CN2)NC1. The second-order valence-corrected chi connectivity index (χ2v) is 7.15. The van der Waals surface area contributed by atoms with Crippen LogP contribution in [0.15, 0.2) is 59.3 Å². The monoisotopic (exact) mass is 367 g/mol. The minimum Gasteiger partial charge on any atom is -0.397 e. The number of amidine groups is 1. The number of nitrogens with two attached hydrogens (primary N) is 2. The van der Waals surface area contributed by atoms with Gasteiger partial charge in [-0.2, -0.15) is 5.10 Å². The minimum absolute atomic E-state index is 0.497. The van der Waals surface area contributed by atoms with Gasteiger partial charge in [-0.1, -0.05) is 13.0 Å². The molecule has 2 atom stereocenters. The molecule has 144 valence electrons. The van der Waals surface area contributed by atoms with Gasteiger partial charge in [0.15, 0.2) is 0 Å². The van der Waals surface area contributed by atoms with E-state index in [1.165, 1.54) is 12.8 Å². The molecule has 7 nitrogen and oxygen atoms in total. The summed E-state index contributed by atoms with van der Waals surface area (Å²) in [5.41, 5.74) is 15.6. The highest BCUT2D eigenvalue weighted by Gasteiger charge is 2.16. The Morgan fingerprint density at radius 3 is 2.85 bits per heavy atom. The molecule has 3 rings (SSSR count). The van der Waals surface area contributed by atoms with E-state index >= 15 is 0 Å². The highest BCUT2D eigenvalue weighted by molar-refractivity contribution is 5.91. The van der Waals surface area contributed by atoms with E-state index in [9.17, 15) is 0 Å². The molecule has 2 unspecified atom stereocenters. The number of H-pyrrole nitrogens is 1. The molecule has 7 heteroatoms. The molecule has 27 heavy (non-hydrogen) atoms. The van der Waals surface area contributed by atoms with Crippen molar-refractivity contribution in [3.05, 3.63) is 59.9 Å². The Labute approximate surface area is 160 Å². The van der Waals surface area contributed by atoms with Gasteiger partial charge in [0.2, 0.25) is 0 Å². The molecule has 1 aromatic rings. The van der Waals surface area contributed by atoms with E-state index < -0.39 is 0 Å². The molecule has 2 aliphatic rings. The average Bonchev–Trinajstić information content (AvgIpc) is 3.22. The lowest BCUT2D eigenvalue weighted by Gasteiger charge is -2.27. The third kappa shape index (κ3) is 5.59. The zero-order valence-electron chi connectivity index (χ0n) is 15.8. The molecule has 2 aliphatic heterocycles. The van der Waals surface area contributed by atoms with Crippen LogP contribution in [0.1, 0.15) is 31.7 Å². The van der Waals surface area contributed by atoms with Crippen LogP contribution in [-0.4, -0.2) is 35.2 Å². The van der Waals surface area contributed by atoms with E-state index in [4.69, 9.17) is 11.5 Å². The van der Waals surface area contributed by atoms with Gasteiger partial charge in [0, 0.05) is 36.1 Å². The van der Waals surface area contributed by atoms with Crippen molar-refractivity contribution >= 4 is 11.4 Å². The third-order valence-corrected chi connectivity index (χ3v) is 4.92. The molecule has 0 radical (unpaired) electrons. The van der Waals surface area contributed by atoms with E-state index in [2.05, 4.69) is 32.7 Å². The largest absolute Gasteiger partial charge is 0.397 e. The van der Waals surface area contributed by atoms with Gasteiger partial charge in [0.1, 0.15) is 5.84 Å². The van der Waals surface area contributed by atoms with Crippen molar-refractivity contribution in [2.45, 2.75) is 32.2 Å². The number of piperidine rings is 1. The molecule has 0 amide bonds. The number of rotatable bonds is 6. The van der Waals surface area contributed by atoms with Gasteiger partial charge in [0.25, 0.3) is 0 Å². The summed E-state index contributed by atoms with van der Waals surface area (Å²) in [6.45, 7) is 4.12. The summed E-state index contributed by atoms with van der Waals surface area (Å²) in [7, 11) is 0. The van der Waals surface area contributed by atoms with Gasteiger partial charge >= 0.3 is 0 Å². The summed E-state index contributed by atoms with van der Waals surface area (Å²) in [5.74, 6) is 1.28. The molecule has 0 spiro atoms. The van der Waals surface area contributed by atoms with Gasteiger partial charge in [-0.25, -0.2) is 0 Å². The maximum atomic E-state index is 6.13.